The minimum atomic E-state index is 0.446. The summed E-state index contributed by atoms with van der Waals surface area (Å²) in [7, 11) is 2.07. The number of nitrogens with zero attached hydrogens (tertiary/aromatic N) is 2. The van der Waals surface area contributed by atoms with Crippen molar-refractivity contribution in [2.24, 2.45) is 7.05 Å². The first-order chi connectivity index (χ1) is 12.0. The lowest BCUT2D eigenvalue weighted by molar-refractivity contribution is -0.660. The highest BCUT2D eigenvalue weighted by Gasteiger charge is 2.21. The van der Waals surface area contributed by atoms with Crippen molar-refractivity contribution >= 4 is 22.1 Å². The van der Waals surface area contributed by atoms with Crippen LogP contribution in [0.1, 0.15) is 36.5 Å². The molecule has 126 valence electrons. The van der Waals surface area contributed by atoms with Crippen LogP contribution in [0, 0.1) is 13.8 Å². The van der Waals surface area contributed by atoms with Crippen LogP contribution in [0.2, 0.25) is 0 Å². The van der Waals surface area contributed by atoms with E-state index in [2.05, 4.69) is 80.8 Å². The topological polar surface area (TPSA) is 29.9 Å². The van der Waals surface area contributed by atoms with Crippen LogP contribution < -0.4 is 4.57 Å². The summed E-state index contributed by atoms with van der Waals surface area (Å²) in [6.07, 6.45) is 4.02. The maximum atomic E-state index is 6.22. The molecule has 0 unspecified atom stereocenters. The molecular formula is C22H23N2O+. The van der Waals surface area contributed by atoms with Gasteiger partial charge in [-0.3, -0.25) is 0 Å². The van der Waals surface area contributed by atoms with E-state index in [1.165, 1.54) is 16.7 Å². The molecule has 0 saturated carbocycles. The van der Waals surface area contributed by atoms with Crippen LogP contribution >= 0.6 is 0 Å². The number of benzene rings is 1. The number of furan rings is 1. The highest BCUT2D eigenvalue weighted by molar-refractivity contribution is 6.08. The summed E-state index contributed by atoms with van der Waals surface area (Å²) < 4.78 is 8.37. The van der Waals surface area contributed by atoms with Crippen LogP contribution in [0.25, 0.3) is 33.3 Å². The van der Waals surface area contributed by atoms with Gasteiger partial charge in [-0.25, -0.2) is 9.55 Å². The van der Waals surface area contributed by atoms with Crippen molar-refractivity contribution in [3.63, 3.8) is 0 Å². The molecule has 4 aromatic rings. The normalized spacial score (nSPS) is 11.8. The second-order valence-electron chi connectivity index (χ2n) is 7.21. The first-order valence-corrected chi connectivity index (χ1v) is 8.74. The van der Waals surface area contributed by atoms with E-state index in [-0.39, 0.29) is 0 Å². The number of rotatable bonds is 2. The van der Waals surface area contributed by atoms with Crippen LogP contribution in [-0.4, -0.2) is 4.98 Å². The molecule has 0 atom stereocenters. The first kappa shape index (κ1) is 15.8. The van der Waals surface area contributed by atoms with Gasteiger partial charge in [-0.05, 0) is 42.5 Å². The summed E-state index contributed by atoms with van der Waals surface area (Å²) in [5.41, 5.74) is 7.61. The minimum absolute atomic E-state index is 0.446. The van der Waals surface area contributed by atoms with Gasteiger partial charge in [0.25, 0.3) is 0 Å². The Morgan fingerprint density at radius 1 is 1.04 bits per heavy atom. The molecule has 0 N–H and O–H groups in total. The molecule has 0 fully saturated rings. The van der Waals surface area contributed by atoms with Crippen molar-refractivity contribution in [1.82, 2.24) is 4.98 Å². The summed E-state index contributed by atoms with van der Waals surface area (Å²) in [6.45, 7) is 8.63. The molecule has 3 nitrogen and oxygen atoms in total. The highest BCUT2D eigenvalue weighted by Crippen LogP contribution is 2.37. The number of pyridine rings is 2. The van der Waals surface area contributed by atoms with E-state index in [1.807, 2.05) is 6.20 Å². The molecule has 3 heteroatoms. The van der Waals surface area contributed by atoms with E-state index in [0.29, 0.717) is 11.6 Å². The second-order valence-corrected chi connectivity index (χ2v) is 7.21. The van der Waals surface area contributed by atoms with Crippen molar-refractivity contribution < 1.29 is 8.98 Å². The Kier molecular flexibility index (Phi) is 3.60. The fourth-order valence-corrected chi connectivity index (χ4v) is 3.40. The van der Waals surface area contributed by atoms with Crippen LogP contribution in [0.4, 0.5) is 0 Å². The lowest BCUT2D eigenvalue weighted by Gasteiger charge is -2.06. The lowest BCUT2D eigenvalue weighted by atomic mass is 9.99. The van der Waals surface area contributed by atoms with Crippen LogP contribution in [0.15, 0.2) is 47.1 Å². The SMILES string of the molecule is Cc1cc[n+](C)c(-c2c(C)ccc3c2oc2ncc(C(C)C)cc23)c1. The molecule has 0 aliphatic carbocycles. The quantitative estimate of drug-likeness (QED) is 0.472. The van der Waals surface area contributed by atoms with Crippen molar-refractivity contribution in [2.75, 3.05) is 0 Å². The van der Waals surface area contributed by atoms with E-state index < -0.39 is 0 Å². The van der Waals surface area contributed by atoms with Gasteiger partial charge in [0.2, 0.25) is 11.4 Å². The van der Waals surface area contributed by atoms with E-state index in [0.717, 1.165) is 27.6 Å². The monoisotopic (exact) mass is 331 g/mol. The molecule has 1 aromatic carbocycles. The van der Waals surface area contributed by atoms with Gasteiger partial charge in [0, 0.05) is 29.1 Å². The highest BCUT2D eigenvalue weighted by atomic mass is 16.3. The molecule has 0 saturated heterocycles. The predicted octanol–water partition coefficient (Wildman–Crippen LogP) is 5.21. The average Bonchev–Trinajstić information content (AvgIpc) is 2.94. The number of aromatic nitrogens is 2. The first-order valence-electron chi connectivity index (χ1n) is 8.74. The summed E-state index contributed by atoms with van der Waals surface area (Å²) in [5.74, 6) is 0.446. The number of aryl methyl sites for hydroxylation is 3. The standard InChI is InChI=1S/C22H23N2O/c1-13(2)16-11-18-17-7-6-15(4)20(21(17)25-22(18)23-12-16)19-10-14(3)8-9-24(19)5/h6-13H,1-5H3/q+1. The Morgan fingerprint density at radius 3 is 2.60 bits per heavy atom. The molecule has 0 bridgehead atoms. The molecule has 0 amide bonds. The average molecular weight is 331 g/mol. The maximum Gasteiger partial charge on any atom is 0.227 e. The molecule has 0 spiro atoms. The minimum Gasteiger partial charge on any atom is -0.437 e. The van der Waals surface area contributed by atoms with E-state index in [1.54, 1.807) is 0 Å². The molecule has 3 heterocycles. The van der Waals surface area contributed by atoms with E-state index in [9.17, 15) is 0 Å². The smallest absolute Gasteiger partial charge is 0.227 e. The predicted molar refractivity (Wildman–Crippen MR) is 102 cm³/mol. The fraction of sp³-hybridized carbons (Fsp3) is 0.273. The third-order valence-electron chi connectivity index (χ3n) is 4.96. The largest absolute Gasteiger partial charge is 0.437 e. The lowest BCUT2D eigenvalue weighted by Crippen LogP contribution is -2.30. The zero-order valence-corrected chi connectivity index (χ0v) is 15.4. The van der Waals surface area contributed by atoms with Gasteiger partial charge in [-0.1, -0.05) is 26.0 Å². The van der Waals surface area contributed by atoms with Crippen LogP contribution in [0.3, 0.4) is 0 Å². The maximum absolute atomic E-state index is 6.22. The third-order valence-corrected chi connectivity index (χ3v) is 4.96. The second kappa shape index (κ2) is 5.69. The van der Waals surface area contributed by atoms with Crippen molar-refractivity contribution in [2.45, 2.75) is 33.6 Å². The molecule has 25 heavy (non-hydrogen) atoms. The fourth-order valence-electron chi connectivity index (χ4n) is 3.40. The molecule has 4 rings (SSSR count). The van der Waals surface area contributed by atoms with Gasteiger partial charge < -0.3 is 4.42 Å². The number of hydrogen-bond donors (Lipinski definition) is 0. The Bertz CT molecular complexity index is 1110. The zero-order chi connectivity index (χ0) is 17.7. The van der Waals surface area contributed by atoms with Gasteiger partial charge in [-0.15, -0.1) is 0 Å². The molecular weight excluding hydrogens is 308 g/mol. The van der Waals surface area contributed by atoms with Gasteiger partial charge in [0.15, 0.2) is 11.8 Å². The number of fused-ring (bicyclic) bond motifs is 3. The van der Waals surface area contributed by atoms with Crippen LogP contribution in [0.5, 0.6) is 0 Å². The Morgan fingerprint density at radius 2 is 1.84 bits per heavy atom. The van der Waals surface area contributed by atoms with E-state index >= 15 is 0 Å². The summed E-state index contributed by atoms with van der Waals surface area (Å²) in [5, 5.41) is 2.23. The Labute approximate surface area is 147 Å². The summed E-state index contributed by atoms with van der Waals surface area (Å²) >= 11 is 0. The molecule has 3 aromatic heterocycles. The summed E-state index contributed by atoms with van der Waals surface area (Å²) in [4.78, 5) is 4.57. The third kappa shape index (κ3) is 2.51. The van der Waals surface area contributed by atoms with Crippen molar-refractivity contribution in [3.8, 4) is 11.3 Å². The zero-order valence-electron chi connectivity index (χ0n) is 15.4. The molecule has 0 radical (unpaired) electrons. The Hall–Kier alpha value is -2.68. The van der Waals surface area contributed by atoms with Gasteiger partial charge >= 0.3 is 0 Å². The molecule has 0 aliphatic heterocycles. The Balaban J connectivity index is 2.09. The van der Waals surface area contributed by atoms with Gasteiger partial charge in [0.1, 0.15) is 7.05 Å². The van der Waals surface area contributed by atoms with Gasteiger partial charge in [-0.2, -0.15) is 0 Å². The summed E-state index contributed by atoms with van der Waals surface area (Å²) in [6, 6.07) is 10.9. The van der Waals surface area contributed by atoms with Gasteiger partial charge in [0.05, 0.1) is 5.56 Å². The van der Waals surface area contributed by atoms with Crippen molar-refractivity contribution in [3.05, 3.63) is 59.4 Å². The van der Waals surface area contributed by atoms with E-state index in [4.69, 9.17) is 4.42 Å². The van der Waals surface area contributed by atoms with Crippen molar-refractivity contribution in [1.29, 1.82) is 0 Å². The number of hydrogen-bond acceptors (Lipinski definition) is 2. The van der Waals surface area contributed by atoms with Crippen LogP contribution in [-0.2, 0) is 7.05 Å². The molecule has 0 aliphatic rings.